The second-order valence-electron chi connectivity index (χ2n) is 12.5. The molecule has 2 aromatic carbocycles. The van der Waals surface area contributed by atoms with Crippen LogP contribution < -0.4 is 14.5 Å². The highest BCUT2D eigenvalue weighted by Gasteiger charge is 2.41. The molecule has 3 fully saturated rings. The van der Waals surface area contributed by atoms with E-state index in [0.29, 0.717) is 63.8 Å². The van der Waals surface area contributed by atoms with E-state index < -0.39 is 5.82 Å². The van der Waals surface area contributed by atoms with E-state index in [-0.39, 0.29) is 41.7 Å². The first-order chi connectivity index (χ1) is 22.4. The minimum atomic E-state index is -0.452. The molecule has 1 saturated carbocycles. The van der Waals surface area contributed by atoms with E-state index in [2.05, 4.69) is 33.2 Å². The van der Waals surface area contributed by atoms with E-state index in [1.807, 2.05) is 18.2 Å². The third kappa shape index (κ3) is 5.74. The van der Waals surface area contributed by atoms with Crippen LogP contribution in [0.3, 0.4) is 0 Å². The van der Waals surface area contributed by atoms with Gasteiger partial charge in [0.1, 0.15) is 23.8 Å². The van der Waals surface area contributed by atoms with Gasteiger partial charge in [-0.3, -0.25) is 9.69 Å². The fourth-order valence-electron chi connectivity index (χ4n) is 7.08. The van der Waals surface area contributed by atoms with Gasteiger partial charge in [0.15, 0.2) is 0 Å². The van der Waals surface area contributed by atoms with Gasteiger partial charge in [-0.05, 0) is 49.9 Å². The van der Waals surface area contributed by atoms with Crippen LogP contribution >= 0.6 is 11.6 Å². The van der Waals surface area contributed by atoms with Gasteiger partial charge >= 0.3 is 6.01 Å². The lowest BCUT2D eigenvalue weighted by molar-refractivity contribution is -0.128. The van der Waals surface area contributed by atoms with Crippen LogP contribution in [0.2, 0.25) is 5.02 Å². The Morgan fingerprint density at radius 3 is 2.85 bits per heavy atom. The summed E-state index contributed by atoms with van der Waals surface area (Å²) in [6, 6.07) is 9.66. The lowest BCUT2D eigenvalue weighted by atomic mass is 10.0. The fourth-order valence-corrected chi connectivity index (χ4v) is 7.35. The van der Waals surface area contributed by atoms with Crippen molar-refractivity contribution in [2.45, 2.75) is 50.0 Å². The Morgan fingerprint density at radius 1 is 1.22 bits per heavy atom. The first-order valence-electron chi connectivity index (χ1n) is 15.8. The van der Waals surface area contributed by atoms with Crippen molar-refractivity contribution in [3.8, 4) is 6.01 Å². The molecule has 0 bridgehead atoms. The normalized spacial score (nSPS) is 23.0. The van der Waals surface area contributed by atoms with Gasteiger partial charge in [-0.1, -0.05) is 36.4 Å². The molecule has 4 aliphatic rings. The molecule has 7 rings (SSSR count). The number of hydrogen-bond acceptors (Lipinski definition) is 8. The van der Waals surface area contributed by atoms with Gasteiger partial charge in [0.2, 0.25) is 12.5 Å². The molecular formula is C34H37ClFN7O3. The maximum atomic E-state index is 14.6. The van der Waals surface area contributed by atoms with E-state index in [1.165, 1.54) is 25.0 Å². The number of ether oxygens (including phenoxy) is 2. The number of amides is 1. The monoisotopic (exact) mass is 645 g/mol. The van der Waals surface area contributed by atoms with Crippen LogP contribution in [0.15, 0.2) is 43.0 Å². The number of halogens is 2. The summed E-state index contributed by atoms with van der Waals surface area (Å²) in [4.78, 5) is 34.7. The van der Waals surface area contributed by atoms with Crippen molar-refractivity contribution in [3.63, 3.8) is 0 Å². The number of aromatic nitrogens is 2. The Kier molecular flexibility index (Phi) is 8.44. The van der Waals surface area contributed by atoms with E-state index in [0.717, 1.165) is 28.1 Å². The van der Waals surface area contributed by atoms with Crippen LogP contribution in [-0.2, 0) is 22.5 Å². The highest BCUT2D eigenvalue weighted by atomic mass is 35.5. The van der Waals surface area contributed by atoms with E-state index >= 15 is 0 Å². The highest BCUT2D eigenvalue weighted by Crippen LogP contribution is 2.38. The summed E-state index contributed by atoms with van der Waals surface area (Å²) in [6.45, 7) is 15.0. The molecule has 2 saturated heterocycles. The quantitative estimate of drug-likeness (QED) is 0.265. The molecule has 1 amide bonds. The largest absolute Gasteiger partial charge is 0.456 e. The molecule has 0 spiro atoms. The summed E-state index contributed by atoms with van der Waals surface area (Å²) in [6.07, 6.45) is 4.11. The predicted octanol–water partition coefficient (Wildman–Crippen LogP) is 4.35. The Bertz CT molecular complexity index is 1710. The van der Waals surface area contributed by atoms with Gasteiger partial charge in [0, 0.05) is 48.9 Å². The number of piperazine rings is 1. The Labute approximate surface area is 273 Å². The molecule has 0 N–H and O–H groups in total. The number of hydrogen-bond donors (Lipinski definition) is 0. The molecule has 4 heterocycles. The minimum absolute atomic E-state index is 0.108. The zero-order valence-corrected chi connectivity index (χ0v) is 26.6. The van der Waals surface area contributed by atoms with E-state index in [1.54, 1.807) is 11.0 Å². The average molecular weight is 646 g/mol. The van der Waals surface area contributed by atoms with Crippen LogP contribution in [0.25, 0.3) is 15.6 Å². The van der Waals surface area contributed by atoms with Crippen LogP contribution in [0.1, 0.15) is 24.1 Å². The predicted molar refractivity (Wildman–Crippen MR) is 175 cm³/mol. The summed E-state index contributed by atoms with van der Waals surface area (Å²) in [7, 11) is 2.13. The zero-order valence-electron chi connectivity index (χ0n) is 25.9. The maximum absolute atomic E-state index is 14.6. The van der Waals surface area contributed by atoms with E-state index in [9.17, 15) is 9.18 Å². The molecule has 1 aliphatic carbocycles. The molecule has 0 radical (unpaired) electrons. The van der Waals surface area contributed by atoms with Crippen molar-refractivity contribution in [2.75, 3.05) is 62.8 Å². The van der Waals surface area contributed by atoms with Crippen molar-refractivity contribution in [2.24, 2.45) is 0 Å². The van der Waals surface area contributed by atoms with Gasteiger partial charge in [-0.2, -0.15) is 9.97 Å². The summed E-state index contributed by atoms with van der Waals surface area (Å²) in [5.41, 5.74) is 2.69. The second-order valence-corrected chi connectivity index (χ2v) is 12.9. The fraction of sp³-hybridized carbons (Fsp3) is 0.471. The molecular weight excluding hydrogens is 609 g/mol. The van der Waals surface area contributed by atoms with Crippen molar-refractivity contribution >= 4 is 39.8 Å². The highest BCUT2D eigenvalue weighted by molar-refractivity contribution is 6.36. The number of nitrogens with zero attached hydrogens (tertiary/aromatic N) is 7. The Hall–Kier alpha value is -3.98. The number of carbonyl (C=O) groups excluding carboxylic acids is 1. The Balaban J connectivity index is 1.24. The maximum Gasteiger partial charge on any atom is 0.319 e. The molecule has 1 aromatic heterocycles. The first-order valence-corrected chi connectivity index (χ1v) is 16.2. The van der Waals surface area contributed by atoms with Crippen molar-refractivity contribution in [3.05, 3.63) is 76.5 Å². The van der Waals surface area contributed by atoms with Gasteiger partial charge in [-0.25, -0.2) is 11.0 Å². The second kappa shape index (κ2) is 12.7. The molecule has 10 nitrogen and oxygen atoms in total. The van der Waals surface area contributed by atoms with Gasteiger partial charge in [-0.15, -0.1) is 0 Å². The zero-order chi connectivity index (χ0) is 31.9. The number of rotatable bonds is 8. The molecule has 3 aliphatic heterocycles. The number of anilines is 2. The molecule has 0 unspecified atom stereocenters. The van der Waals surface area contributed by atoms with Crippen LogP contribution in [0, 0.1) is 12.4 Å². The lowest BCUT2D eigenvalue weighted by Gasteiger charge is -2.41. The SMILES string of the molecule is [C-]#[N+]C[C@H]1CN(c2nc(O[C@@H]3COC[C@@H]3N(C)C3CC3)nc3c2CCN(c2cccc4ccc(F)c(Cl)c24)C3)CCN1C(=O)C=C. The molecule has 3 atom stereocenters. The standard InChI is InChI=1S/C34H37ClFN7O3/c1-4-30(44)43-15-14-42(17-23(43)16-37-2)33-24-12-13-41(27-7-5-6-21-8-11-25(36)32(35)31(21)27)18-26(24)38-34(39-33)46-29-20-45-19-28(29)40(3)22-9-10-22/h4-8,11,22-23,28-29H,1,9-10,12-20H2,3H3/t23-,28-,29+/m0/s1. The summed E-state index contributed by atoms with van der Waals surface area (Å²) in [5.74, 6) is 0.148. The average Bonchev–Trinajstić information content (AvgIpc) is 3.83. The van der Waals surface area contributed by atoms with Gasteiger partial charge in [0.05, 0.1) is 36.5 Å². The van der Waals surface area contributed by atoms with Gasteiger partial charge < -0.3 is 29.0 Å². The number of fused-ring (bicyclic) bond motifs is 2. The summed E-state index contributed by atoms with van der Waals surface area (Å²) >= 11 is 6.52. The molecule has 3 aromatic rings. The Morgan fingerprint density at radius 2 is 2.07 bits per heavy atom. The minimum Gasteiger partial charge on any atom is -0.456 e. The summed E-state index contributed by atoms with van der Waals surface area (Å²) in [5, 5.41) is 1.65. The lowest BCUT2D eigenvalue weighted by Crippen LogP contribution is -2.56. The van der Waals surface area contributed by atoms with Crippen molar-refractivity contribution < 1.29 is 18.7 Å². The first kappa shape index (κ1) is 30.7. The summed E-state index contributed by atoms with van der Waals surface area (Å²) < 4.78 is 27.0. The molecule has 12 heteroatoms. The van der Waals surface area contributed by atoms with Crippen molar-refractivity contribution in [1.82, 2.24) is 19.8 Å². The number of benzene rings is 2. The molecule has 46 heavy (non-hydrogen) atoms. The molecule has 240 valence electrons. The topological polar surface area (TPSA) is 78.6 Å². The van der Waals surface area contributed by atoms with E-state index in [4.69, 9.17) is 37.6 Å². The number of carbonyl (C=O) groups is 1. The van der Waals surface area contributed by atoms with Crippen LogP contribution in [-0.4, -0.2) is 103 Å². The van der Waals surface area contributed by atoms with Crippen LogP contribution in [0.4, 0.5) is 15.9 Å². The smallest absolute Gasteiger partial charge is 0.319 e. The van der Waals surface area contributed by atoms with Gasteiger partial charge in [0.25, 0.3) is 0 Å². The van der Waals surface area contributed by atoms with Crippen molar-refractivity contribution in [1.29, 1.82) is 0 Å². The third-order valence-corrected chi connectivity index (χ3v) is 10.1. The third-order valence-electron chi connectivity index (χ3n) is 9.72. The van der Waals surface area contributed by atoms with Crippen LogP contribution in [0.5, 0.6) is 6.01 Å². The number of likely N-dealkylation sites (N-methyl/N-ethyl adjacent to an activating group) is 1.